The van der Waals surface area contributed by atoms with E-state index in [0.717, 1.165) is 17.7 Å². The van der Waals surface area contributed by atoms with E-state index >= 15 is 0 Å². The molecular weight excluding hydrogens is 352 g/mol. The summed E-state index contributed by atoms with van der Waals surface area (Å²) in [4.78, 5) is 39.0. The molecular formula is C23H24N2O3. The van der Waals surface area contributed by atoms with Gasteiger partial charge >= 0.3 is 0 Å². The van der Waals surface area contributed by atoms with Crippen molar-refractivity contribution in [1.82, 2.24) is 5.32 Å². The van der Waals surface area contributed by atoms with E-state index in [0.29, 0.717) is 34.2 Å². The number of imide groups is 1. The highest BCUT2D eigenvalue weighted by Gasteiger charge is 2.36. The number of hydrogen-bond donors (Lipinski definition) is 1. The Balaban J connectivity index is 1.50. The summed E-state index contributed by atoms with van der Waals surface area (Å²) < 4.78 is 0. The number of fused-ring (bicyclic) bond motifs is 1. The number of rotatable bonds is 3. The van der Waals surface area contributed by atoms with Crippen LogP contribution < -0.4 is 10.2 Å². The lowest BCUT2D eigenvalue weighted by atomic mass is 9.78. The lowest BCUT2D eigenvalue weighted by Crippen LogP contribution is -2.43. The molecule has 1 fully saturated rings. The molecule has 2 aliphatic rings. The highest BCUT2D eigenvalue weighted by molar-refractivity contribution is 6.34. The third-order valence-corrected chi connectivity index (χ3v) is 6.21. The lowest BCUT2D eigenvalue weighted by Gasteiger charge is -2.34. The van der Waals surface area contributed by atoms with Gasteiger partial charge in [0, 0.05) is 11.6 Å². The van der Waals surface area contributed by atoms with Crippen molar-refractivity contribution in [3.05, 3.63) is 65.2 Å². The molecule has 5 nitrogen and oxygen atoms in total. The molecule has 0 bridgehead atoms. The smallest absolute Gasteiger partial charge is 0.266 e. The molecule has 1 aliphatic carbocycles. The van der Waals surface area contributed by atoms with Gasteiger partial charge in [-0.2, -0.15) is 0 Å². The van der Waals surface area contributed by atoms with Gasteiger partial charge in [-0.05, 0) is 54.7 Å². The van der Waals surface area contributed by atoms with Crippen molar-refractivity contribution in [3.8, 4) is 0 Å². The summed E-state index contributed by atoms with van der Waals surface area (Å²) in [5.74, 6) is 0.288. The second-order valence-corrected chi connectivity index (χ2v) is 7.89. The van der Waals surface area contributed by atoms with Crippen molar-refractivity contribution < 1.29 is 14.4 Å². The first kappa shape index (κ1) is 18.4. The van der Waals surface area contributed by atoms with Crippen molar-refractivity contribution in [2.45, 2.75) is 39.2 Å². The number of amides is 3. The van der Waals surface area contributed by atoms with Crippen molar-refractivity contribution in [1.29, 1.82) is 0 Å². The van der Waals surface area contributed by atoms with Gasteiger partial charge in [0.2, 0.25) is 0 Å². The van der Waals surface area contributed by atoms with Crippen molar-refractivity contribution >= 4 is 23.4 Å². The normalized spacial score (nSPS) is 24.2. The van der Waals surface area contributed by atoms with Crippen LogP contribution in [0, 0.1) is 11.8 Å². The maximum absolute atomic E-state index is 12.6. The fourth-order valence-corrected chi connectivity index (χ4v) is 4.22. The molecule has 28 heavy (non-hydrogen) atoms. The molecule has 0 spiro atoms. The highest BCUT2D eigenvalue weighted by Crippen LogP contribution is 2.30. The third kappa shape index (κ3) is 3.11. The van der Waals surface area contributed by atoms with E-state index in [1.807, 2.05) is 0 Å². The molecule has 2 aromatic carbocycles. The molecule has 5 heteroatoms. The molecule has 3 amide bonds. The Morgan fingerprint density at radius 1 is 0.929 bits per heavy atom. The fourth-order valence-electron chi connectivity index (χ4n) is 4.22. The van der Waals surface area contributed by atoms with Crippen LogP contribution in [0.4, 0.5) is 5.69 Å². The van der Waals surface area contributed by atoms with Gasteiger partial charge in [0.1, 0.15) is 0 Å². The van der Waals surface area contributed by atoms with E-state index in [4.69, 9.17) is 0 Å². The summed E-state index contributed by atoms with van der Waals surface area (Å²) in [7, 11) is 0. The van der Waals surface area contributed by atoms with Crippen LogP contribution in [0.25, 0.3) is 0 Å². The van der Waals surface area contributed by atoms with Crippen molar-refractivity contribution in [2.75, 3.05) is 4.90 Å². The Bertz CT molecular complexity index is 900. The van der Waals surface area contributed by atoms with E-state index in [9.17, 15) is 14.4 Å². The Hall–Kier alpha value is -2.95. The van der Waals surface area contributed by atoms with Crippen LogP contribution in [-0.4, -0.2) is 23.8 Å². The summed E-state index contributed by atoms with van der Waals surface area (Å²) in [5, 5.41) is 3.15. The molecule has 0 radical (unpaired) electrons. The predicted molar refractivity (Wildman–Crippen MR) is 107 cm³/mol. The Morgan fingerprint density at radius 2 is 1.54 bits per heavy atom. The molecule has 1 saturated carbocycles. The minimum absolute atomic E-state index is 0.111. The monoisotopic (exact) mass is 376 g/mol. The summed E-state index contributed by atoms with van der Waals surface area (Å²) in [6.45, 7) is 4.43. The number of hydrogen-bond acceptors (Lipinski definition) is 3. The molecule has 2 aromatic rings. The van der Waals surface area contributed by atoms with Crippen LogP contribution in [-0.2, 0) is 0 Å². The quantitative estimate of drug-likeness (QED) is 0.822. The van der Waals surface area contributed by atoms with E-state index in [2.05, 4.69) is 19.2 Å². The van der Waals surface area contributed by atoms with Gasteiger partial charge in [0.25, 0.3) is 17.7 Å². The van der Waals surface area contributed by atoms with Crippen LogP contribution in [0.3, 0.4) is 0 Å². The molecule has 0 unspecified atom stereocenters. The van der Waals surface area contributed by atoms with E-state index in [-0.39, 0.29) is 23.8 Å². The topological polar surface area (TPSA) is 66.5 Å². The van der Waals surface area contributed by atoms with Gasteiger partial charge < -0.3 is 5.32 Å². The zero-order chi connectivity index (χ0) is 19.8. The van der Waals surface area contributed by atoms with Gasteiger partial charge in [0.05, 0.1) is 16.8 Å². The van der Waals surface area contributed by atoms with Gasteiger partial charge in [-0.15, -0.1) is 0 Å². The number of nitrogens with zero attached hydrogens (tertiary/aromatic N) is 1. The number of carbonyl (C=O) groups is 3. The molecule has 3 atom stereocenters. The second kappa shape index (κ2) is 7.23. The third-order valence-electron chi connectivity index (χ3n) is 6.21. The first-order valence-electron chi connectivity index (χ1n) is 9.86. The molecule has 1 aliphatic heterocycles. The standard InChI is InChI=1S/C23H24N2O3/c1-14-6-5-9-20(15(14)2)24-21(26)16-10-12-17(13-11-16)25-22(27)18-7-3-4-8-19(18)23(25)28/h3-4,7-8,10-15,20H,5-6,9H2,1-2H3,(H,24,26)/t14-,15+,20-/m1/s1. The van der Waals surface area contributed by atoms with Crippen LogP contribution in [0.1, 0.15) is 64.2 Å². The minimum atomic E-state index is -0.331. The average Bonchev–Trinajstić information content (AvgIpc) is 2.96. The SMILES string of the molecule is C[C@H]1[C@H](C)CCC[C@H]1NC(=O)c1ccc(N2C(=O)c3ccccc3C2=O)cc1. The summed E-state index contributed by atoms with van der Waals surface area (Å²) in [5.41, 5.74) is 1.83. The van der Waals surface area contributed by atoms with Crippen molar-refractivity contribution in [3.63, 3.8) is 0 Å². The van der Waals surface area contributed by atoms with Crippen LogP contribution in [0.2, 0.25) is 0 Å². The lowest BCUT2D eigenvalue weighted by molar-refractivity contribution is 0.0888. The molecule has 0 aromatic heterocycles. The zero-order valence-electron chi connectivity index (χ0n) is 16.1. The Labute approximate surface area is 164 Å². The molecule has 1 N–H and O–H groups in total. The number of anilines is 1. The number of nitrogens with one attached hydrogen (secondary N) is 1. The Morgan fingerprint density at radius 3 is 2.14 bits per heavy atom. The highest BCUT2D eigenvalue weighted by atomic mass is 16.2. The van der Waals surface area contributed by atoms with Gasteiger partial charge in [-0.1, -0.05) is 38.8 Å². The molecule has 144 valence electrons. The summed E-state index contributed by atoms with van der Waals surface area (Å²) in [6, 6.07) is 13.6. The van der Waals surface area contributed by atoms with Crippen LogP contribution in [0.5, 0.6) is 0 Å². The minimum Gasteiger partial charge on any atom is -0.349 e. The second-order valence-electron chi connectivity index (χ2n) is 7.89. The van der Waals surface area contributed by atoms with Crippen LogP contribution >= 0.6 is 0 Å². The number of benzene rings is 2. The number of carbonyl (C=O) groups excluding carboxylic acids is 3. The predicted octanol–water partition coefficient (Wildman–Crippen LogP) is 4.04. The molecule has 1 heterocycles. The zero-order valence-corrected chi connectivity index (χ0v) is 16.1. The van der Waals surface area contributed by atoms with Gasteiger partial charge in [-0.25, -0.2) is 4.90 Å². The molecule has 4 rings (SSSR count). The maximum atomic E-state index is 12.6. The van der Waals surface area contributed by atoms with E-state index in [1.54, 1.807) is 48.5 Å². The fraction of sp³-hybridized carbons (Fsp3) is 0.348. The largest absolute Gasteiger partial charge is 0.349 e. The van der Waals surface area contributed by atoms with Gasteiger partial charge in [-0.3, -0.25) is 14.4 Å². The first-order valence-corrected chi connectivity index (χ1v) is 9.86. The van der Waals surface area contributed by atoms with E-state index < -0.39 is 0 Å². The average molecular weight is 376 g/mol. The van der Waals surface area contributed by atoms with E-state index in [1.165, 1.54) is 6.42 Å². The van der Waals surface area contributed by atoms with Crippen molar-refractivity contribution in [2.24, 2.45) is 11.8 Å². The molecule has 0 saturated heterocycles. The maximum Gasteiger partial charge on any atom is 0.266 e. The van der Waals surface area contributed by atoms with Gasteiger partial charge in [0.15, 0.2) is 0 Å². The van der Waals surface area contributed by atoms with Crippen LogP contribution in [0.15, 0.2) is 48.5 Å². The summed E-state index contributed by atoms with van der Waals surface area (Å²) >= 11 is 0. The summed E-state index contributed by atoms with van der Waals surface area (Å²) in [6.07, 6.45) is 3.35. The first-order chi connectivity index (χ1) is 13.5. The Kier molecular flexibility index (Phi) is 4.75.